The molecular weight excluding hydrogens is 263 g/mol. The highest BCUT2D eigenvalue weighted by atomic mass is 19.1. The van der Waals surface area contributed by atoms with E-state index in [0.717, 1.165) is 12.8 Å². The Morgan fingerprint density at radius 3 is 2.70 bits per heavy atom. The summed E-state index contributed by atoms with van der Waals surface area (Å²) in [6.07, 6.45) is 1.72. The summed E-state index contributed by atoms with van der Waals surface area (Å²) in [5.41, 5.74) is 0.959. The minimum Gasteiger partial charge on any atom is -0.481 e. The standard InChI is InChI=1S/C14H17FN2O3/c1-9-8-10(2-5-12(9)15)16-14(20)17(11-3-4-11)7-6-13(18)19/h2,5,8,11H,3-4,6-7H2,1H3,(H,16,20)(H,18,19). The van der Waals surface area contributed by atoms with E-state index in [4.69, 9.17) is 5.11 Å². The Morgan fingerprint density at radius 1 is 1.45 bits per heavy atom. The highest BCUT2D eigenvalue weighted by Gasteiger charge is 2.32. The number of halogens is 1. The first kappa shape index (κ1) is 14.3. The number of benzene rings is 1. The van der Waals surface area contributed by atoms with E-state index in [0.29, 0.717) is 11.3 Å². The van der Waals surface area contributed by atoms with Crippen LogP contribution in [0.2, 0.25) is 0 Å². The number of carboxylic acids is 1. The van der Waals surface area contributed by atoms with Crippen molar-refractivity contribution in [2.24, 2.45) is 0 Å². The molecule has 1 aliphatic rings. The number of carbonyl (C=O) groups is 2. The lowest BCUT2D eigenvalue weighted by atomic mass is 10.2. The number of aliphatic carboxylic acids is 1. The zero-order valence-electron chi connectivity index (χ0n) is 11.2. The molecule has 0 saturated heterocycles. The molecule has 0 spiro atoms. The van der Waals surface area contributed by atoms with E-state index in [1.807, 2.05) is 0 Å². The van der Waals surface area contributed by atoms with E-state index in [9.17, 15) is 14.0 Å². The van der Waals surface area contributed by atoms with Crippen LogP contribution in [-0.2, 0) is 4.79 Å². The van der Waals surface area contributed by atoms with Crippen molar-refractivity contribution < 1.29 is 19.1 Å². The summed E-state index contributed by atoms with van der Waals surface area (Å²) >= 11 is 0. The number of hydrogen-bond acceptors (Lipinski definition) is 2. The van der Waals surface area contributed by atoms with Gasteiger partial charge in [0.1, 0.15) is 5.82 Å². The molecule has 1 fully saturated rings. The molecule has 0 bridgehead atoms. The third kappa shape index (κ3) is 3.69. The van der Waals surface area contributed by atoms with Gasteiger partial charge in [0.2, 0.25) is 0 Å². The van der Waals surface area contributed by atoms with Gasteiger partial charge < -0.3 is 15.3 Å². The Morgan fingerprint density at radius 2 is 2.15 bits per heavy atom. The summed E-state index contributed by atoms with van der Waals surface area (Å²) in [5.74, 6) is -1.26. The third-order valence-corrected chi connectivity index (χ3v) is 3.22. The summed E-state index contributed by atoms with van der Waals surface area (Å²) in [4.78, 5) is 24.3. The third-order valence-electron chi connectivity index (χ3n) is 3.22. The first-order chi connectivity index (χ1) is 9.47. The first-order valence-corrected chi connectivity index (χ1v) is 6.53. The van der Waals surface area contributed by atoms with Crippen molar-refractivity contribution in [3.05, 3.63) is 29.6 Å². The molecule has 0 heterocycles. The summed E-state index contributed by atoms with van der Waals surface area (Å²) in [7, 11) is 0. The van der Waals surface area contributed by atoms with Crippen molar-refractivity contribution >= 4 is 17.7 Å². The lowest BCUT2D eigenvalue weighted by Gasteiger charge is -2.22. The van der Waals surface area contributed by atoms with Crippen molar-refractivity contribution in [2.45, 2.75) is 32.2 Å². The number of amides is 2. The van der Waals surface area contributed by atoms with Crippen LogP contribution in [0.15, 0.2) is 18.2 Å². The van der Waals surface area contributed by atoms with E-state index in [1.54, 1.807) is 13.0 Å². The molecule has 0 radical (unpaired) electrons. The SMILES string of the molecule is Cc1cc(NC(=O)N(CCC(=O)O)C2CC2)ccc1F. The van der Waals surface area contributed by atoms with Gasteiger partial charge in [-0.15, -0.1) is 0 Å². The van der Waals surface area contributed by atoms with Crippen LogP contribution in [0.25, 0.3) is 0 Å². The van der Waals surface area contributed by atoms with Gasteiger partial charge in [-0.3, -0.25) is 4.79 Å². The fraction of sp³-hybridized carbons (Fsp3) is 0.429. The number of anilines is 1. The average Bonchev–Trinajstić information content (AvgIpc) is 3.18. The van der Waals surface area contributed by atoms with Crippen LogP contribution in [0.5, 0.6) is 0 Å². The molecule has 2 rings (SSSR count). The topological polar surface area (TPSA) is 69.6 Å². The van der Waals surface area contributed by atoms with Gasteiger partial charge in [0.05, 0.1) is 6.42 Å². The monoisotopic (exact) mass is 280 g/mol. The van der Waals surface area contributed by atoms with Gasteiger partial charge >= 0.3 is 12.0 Å². The maximum Gasteiger partial charge on any atom is 0.322 e. The fourth-order valence-corrected chi connectivity index (χ4v) is 1.97. The molecule has 1 aromatic rings. The number of aryl methyl sites for hydroxylation is 1. The normalized spacial score (nSPS) is 13.9. The number of hydrogen-bond donors (Lipinski definition) is 2. The van der Waals surface area contributed by atoms with Gasteiger partial charge in [-0.1, -0.05) is 0 Å². The summed E-state index contributed by atoms with van der Waals surface area (Å²) in [6, 6.07) is 4.12. The number of nitrogens with one attached hydrogen (secondary N) is 1. The van der Waals surface area contributed by atoms with Crippen molar-refractivity contribution in [1.29, 1.82) is 0 Å². The Hall–Kier alpha value is -2.11. The molecule has 0 aliphatic heterocycles. The molecule has 1 saturated carbocycles. The van der Waals surface area contributed by atoms with Crippen LogP contribution in [0, 0.1) is 12.7 Å². The predicted molar refractivity (Wildman–Crippen MR) is 72.1 cm³/mol. The van der Waals surface area contributed by atoms with Crippen molar-refractivity contribution in [3.8, 4) is 0 Å². The second-order valence-corrected chi connectivity index (χ2v) is 4.96. The number of carbonyl (C=O) groups excluding carboxylic acids is 1. The Kier molecular flexibility index (Phi) is 4.22. The highest BCUT2D eigenvalue weighted by molar-refractivity contribution is 5.90. The van der Waals surface area contributed by atoms with Crippen LogP contribution in [0.3, 0.4) is 0 Å². The highest BCUT2D eigenvalue weighted by Crippen LogP contribution is 2.27. The van der Waals surface area contributed by atoms with E-state index >= 15 is 0 Å². The molecule has 0 aromatic heterocycles. The van der Waals surface area contributed by atoms with Gasteiger partial charge in [-0.2, -0.15) is 0 Å². The Bertz CT molecular complexity index is 529. The van der Waals surface area contributed by atoms with Gasteiger partial charge in [0, 0.05) is 18.3 Å². The Labute approximate surface area is 116 Å². The number of carboxylic acid groups (broad SMARTS) is 1. The number of nitrogens with zero attached hydrogens (tertiary/aromatic N) is 1. The molecule has 2 N–H and O–H groups in total. The minimum atomic E-state index is -0.930. The number of urea groups is 1. The maximum absolute atomic E-state index is 13.2. The summed E-state index contributed by atoms with van der Waals surface area (Å²) in [5, 5.41) is 11.4. The molecule has 20 heavy (non-hydrogen) atoms. The summed E-state index contributed by atoms with van der Waals surface area (Å²) in [6.45, 7) is 1.81. The quantitative estimate of drug-likeness (QED) is 0.871. The molecule has 2 amide bonds. The zero-order chi connectivity index (χ0) is 14.7. The molecule has 0 atom stereocenters. The lowest BCUT2D eigenvalue weighted by Crippen LogP contribution is -2.38. The van der Waals surface area contributed by atoms with E-state index in [-0.39, 0.29) is 30.9 Å². The minimum absolute atomic E-state index is 0.0770. The maximum atomic E-state index is 13.2. The van der Waals surface area contributed by atoms with Gasteiger partial charge in [0.25, 0.3) is 0 Å². The smallest absolute Gasteiger partial charge is 0.322 e. The van der Waals surface area contributed by atoms with Crippen LogP contribution >= 0.6 is 0 Å². The van der Waals surface area contributed by atoms with Gasteiger partial charge in [-0.05, 0) is 43.5 Å². The molecule has 108 valence electrons. The van der Waals surface area contributed by atoms with Crippen molar-refractivity contribution in [2.75, 3.05) is 11.9 Å². The average molecular weight is 280 g/mol. The molecular formula is C14H17FN2O3. The first-order valence-electron chi connectivity index (χ1n) is 6.53. The van der Waals surface area contributed by atoms with E-state index in [1.165, 1.54) is 17.0 Å². The second-order valence-electron chi connectivity index (χ2n) is 4.96. The molecule has 6 heteroatoms. The van der Waals surface area contributed by atoms with Crippen LogP contribution in [0.1, 0.15) is 24.8 Å². The van der Waals surface area contributed by atoms with Crippen LogP contribution < -0.4 is 5.32 Å². The molecule has 1 aromatic carbocycles. The van der Waals surface area contributed by atoms with Crippen molar-refractivity contribution in [3.63, 3.8) is 0 Å². The van der Waals surface area contributed by atoms with E-state index < -0.39 is 5.97 Å². The fourth-order valence-electron chi connectivity index (χ4n) is 1.97. The Balaban J connectivity index is 2.00. The zero-order valence-corrected chi connectivity index (χ0v) is 11.2. The van der Waals surface area contributed by atoms with Crippen molar-refractivity contribution in [1.82, 2.24) is 4.90 Å². The lowest BCUT2D eigenvalue weighted by molar-refractivity contribution is -0.137. The largest absolute Gasteiger partial charge is 0.481 e. The molecule has 0 unspecified atom stereocenters. The predicted octanol–water partition coefficient (Wildman–Crippen LogP) is 2.61. The van der Waals surface area contributed by atoms with Crippen LogP contribution in [-0.4, -0.2) is 34.6 Å². The number of rotatable bonds is 5. The van der Waals surface area contributed by atoms with Gasteiger partial charge in [-0.25, -0.2) is 9.18 Å². The summed E-state index contributed by atoms with van der Waals surface area (Å²) < 4.78 is 13.2. The molecule has 5 nitrogen and oxygen atoms in total. The molecule has 1 aliphatic carbocycles. The van der Waals surface area contributed by atoms with E-state index in [2.05, 4.69) is 5.32 Å². The second kappa shape index (κ2) is 5.90. The van der Waals surface area contributed by atoms with Gasteiger partial charge in [0.15, 0.2) is 0 Å². The van der Waals surface area contributed by atoms with Crippen LogP contribution in [0.4, 0.5) is 14.9 Å².